The molecule has 0 unspecified atom stereocenters. The van der Waals surface area contributed by atoms with Crippen LogP contribution in [0.4, 0.5) is 0 Å². The Morgan fingerprint density at radius 1 is 1.33 bits per heavy atom. The molecule has 0 bridgehead atoms. The number of imidazole rings is 1. The number of amides is 1. The highest BCUT2D eigenvalue weighted by molar-refractivity contribution is 7.14. The molecule has 3 aromatic rings. The van der Waals surface area contributed by atoms with Gasteiger partial charge in [0.25, 0.3) is 5.91 Å². The minimum absolute atomic E-state index is 0.0959. The summed E-state index contributed by atoms with van der Waals surface area (Å²) in [6.07, 6.45) is 3.10. The van der Waals surface area contributed by atoms with E-state index in [1.54, 1.807) is 10.0 Å². The molecule has 4 rings (SSSR count). The highest BCUT2D eigenvalue weighted by atomic mass is 32.1. The predicted octanol–water partition coefficient (Wildman–Crippen LogP) is 2.48. The van der Waals surface area contributed by atoms with Gasteiger partial charge in [0.2, 0.25) is 4.96 Å². The third-order valence-electron chi connectivity index (χ3n) is 4.96. The number of aryl methyl sites for hydroxylation is 1. The first-order valence-corrected chi connectivity index (χ1v) is 10.00. The Morgan fingerprint density at radius 2 is 2.07 bits per heavy atom. The number of aromatic nitrogens is 3. The molecule has 0 spiro atoms. The van der Waals surface area contributed by atoms with E-state index in [0.717, 1.165) is 35.1 Å². The Balaban J connectivity index is 1.53. The van der Waals surface area contributed by atoms with Crippen molar-refractivity contribution in [3.05, 3.63) is 47.2 Å². The van der Waals surface area contributed by atoms with E-state index in [9.17, 15) is 4.79 Å². The number of ether oxygens (including phenoxy) is 1. The second-order valence-electron chi connectivity index (χ2n) is 6.99. The van der Waals surface area contributed by atoms with Crippen molar-refractivity contribution in [1.29, 1.82) is 0 Å². The third-order valence-corrected chi connectivity index (χ3v) is 5.64. The van der Waals surface area contributed by atoms with E-state index >= 15 is 0 Å². The molecule has 3 heterocycles. The Bertz CT molecular complexity index is 899. The molecular formula is C19H23N5O2S. The number of carbonyl (C=O) groups is 1. The number of hydrogen-bond acceptors (Lipinski definition) is 6. The monoisotopic (exact) mass is 385 g/mol. The number of benzene rings is 1. The van der Waals surface area contributed by atoms with Crippen LogP contribution in [0.3, 0.4) is 0 Å². The summed E-state index contributed by atoms with van der Waals surface area (Å²) in [4.78, 5) is 18.6. The van der Waals surface area contributed by atoms with Crippen molar-refractivity contribution in [2.45, 2.75) is 38.3 Å². The topological polar surface area (TPSA) is 80.5 Å². The van der Waals surface area contributed by atoms with Gasteiger partial charge in [-0.25, -0.2) is 9.50 Å². The SMILES string of the molecule is Cc1ccc(OC2(C(=O)N[C@H](C)c3cn4ncsc4n3)CCNCC2)cc1. The van der Waals surface area contributed by atoms with Crippen LogP contribution in [-0.2, 0) is 4.79 Å². The summed E-state index contributed by atoms with van der Waals surface area (Å²) in [5.41, 5.74) is 2.83. The first kappa shape index (κ1) is 17.9. The van der Waals surface area contributed by atoms with E-state index in [1.807, 2.05) is 44.3 Å². The Morgan fingerprint density at radius 3 is 2.78 bits per heavy atom. The normalized spacial score (nSPS) is 17.6. The van der Waals surface area contributed by atoms with Gasteiger partial charge in [-0.05, 0) is 39.1 Å². The Hall–Kier alpha value is -2.45. The Labute approximate surface area is 161 Å². The molecule has 0 aliphatic carbocycles. The minimum Gasteiger partial charge on any atom is -0.477 e. The molecule has 1 aliphatic rings. The van der Waals surface area contributed by atoms with Gasteiger partial charge in [0.1, 0.15) is 11.3 Å². The van der Waals surface area contributed by atoms with Crippen molar-refractivity contribution < 1.29 is 9.53 Å². The Kier molecular flexibility index (Phi) is 4.84. The summed E-state index contributed by atoms with van der Waals surface area (Å²) in [6.45, 7) is 5.46. The summed E-state index contributed by atoms with van der Waals surface area (Å²) in [6, 6.07) is 7.61. The van der Waals surface area contributed by atoms with Crippen LogP contribution in [-0.4, -0.2) is 39.2 Å². The van der Waals surface area contributed by atoms with Crippen LogP contribution in [0.5, 0.6) is 5.75 Å². The maximum atomic E-state index is 13.2. The van der Waals surface area contributed by atoms with E-state index < -0.39 is 5.60 Å². The van der Waals surface area contributed by atoms with E-state index in [2.05, 4.69) is 20.7 Å². The van der Waals surface area contributed by atoms with Gasteiger partial charge in [0.05, 0.1) is 17.9 Å². The van der Waals surface area contributed by atoms with Gasteiger partial charge in [0.15, 0.2) is 5.60 Å². The molecule has 1 aromatic carbocycles. The first-order valence-electron chi connectivity index (χ1n) is 9.12. The van der Waals surface area contributed by atoms with Crippen LogP contribution >= 0.6 is 11.3 Å². The number of rotatable bonds is 5. The summed E-state index contributed by atoms with van der Waals surface area (Å²) in [5, 5.41) is 10.6. The highest BCUT2D eigenvalue weighted by Crippen LogP contribution is 2.28. The summed E-state index contributed by atoms with van der Waals surface area (Å²) in [7, 11) is 0. The minimum atomic E-state index is -0.871. The maximum Gasteiger partial charge on any atom is 0.264 e. The molecule has 2 N–H and O–H groups in total. The van der Waals surface area contributed by atoms with Crippen LogP contribution in [0.1, 0.15) is 37.1 Å². The molecule has 0 radical (unpaired) electrons. The molecule has 8 heteroatoms. The lowest BCUT2D eigenvalue weighted by Gasteiger charge is -2.37. The number of nitrogens with zero attached hydrogens (tertiary/aromatic N) is 3. The first-order chi connectivity index (χ1) is 13.1. The molecule has 0 saturated carbocycles. The van der Waals surface area contributed by atoms with Gasteiger partial charge in [0, 0.05) is 12.8 Å². The summed E-state index contributed by atoms with van der Waals surface area (Å²) < 4.78 is 7.98. The zero-order valence-corrected chi connectivity index (χ0v) is 16.3. The molecular weight excluding hydrogens is 362 g/mol. The predicted molar refractivity (Wildman–Crippen MR) is 104 cm³/mol. The van der Waals surface area contributed by atoms with E-state index in [4.69, 9.17) is 4.74 Å². The average molecular weight is 385 g/mol. The number of hydrogen-bond donors (Lipinski definition) is 2. The quantitative estimate of drug-likeness (QED) is 0.705. The fourth-order valence-corrected chi connectivity index (χ4v) is 3.91. The van der Waals surface area contributed by atoms with Crippen molar-refractivity contribution >= 4 is 22.2 Å². The van der Waals surface area contributed by atoms with Crippen LogP contribution in [0.2, 0.25) is 0 Å². The lowest BCUT2D eigenvalue weighted by molar-refractivity contribution is -0.140. The zero-order chi connectivity index (χ0) is 18.9. The number of nitrogens with one attached hydrogen (secondary N) is 2. The van der Waals surface area contributed by atoms with Crippen LogP contribution < -0.4 is 15.4 Å². The smallest absolute Gasteiger partial charge is 0.264 e. The van der Waals surface area contributed by atoms with Gasteiger partial charge >= 0.3 is 0 Å². The average Bonchev–Trinajstić information content (AvgIpc) is 3.26. The standard InChI is InChI=1S/C19H23N5O2S/c1-13-3-5-15(6-4-13)26-19(7-9-20-10-8-19)17(25)22-14(2)16-11-24-18(23-16)27-12-21-24/h3-6,11-12,14,20H,7-10H2,1-2H3,(H,22,25)/t14-/m1/s1. The maximum absolute atomic E-state index is 13.2. The fraction of sp³-hybridized carbons (Fsp3) is 0.421. The second kappa shape index (κ2) is 7.28. The van der Waals surface area contributed by atoms with Crippen molar-refractivity contribution in [2.75, 3.05) is 13.1 Å². The van der Waals surface area contributed by atoms with Crippen molar-refractivity contribution in [1.82, 2.24) is 25.2 Å². The highest BCUT2D eigenvalue weighted by Gasteiger charge is 2.42. The molecule has 1 amide bonds. The van der Waals surface area contributed by atoms with E-state index in [0.29, 0.717) is 12.8 Å². The number of piperidine rings is 1. The van der Waals surface area contributed by atoms with Gasteiger partial charge in [-0.2, -0.15) is 5.10 Å². The number of fused-ring (bicyclic) bond motifs is 1. The van der Waals surface area contributed by atoms with E-state index in [1.165, 1.54) is 11.3 Å². The third kappa shape index (κ3) is 3.68. The molecule has 1 fully saturated rings. The molecule has 27 heavy (non-hydrogen) atoms. The molecule has 142 valence electrons. The zero-order valence-electron chi connectivity index (χ0n) is 15.4. The molecule has 2 aromatic heterocycles. The fourth-order valence-electron chi connectivity index (χ4n) is 3.30. The molecule has 1 aliphatic heterocycles. The lowest BCUT2D eigenvalue weighted by atomic mass is 9.90. The summed E-state index contributed by atoms with van der Waals surface area (Å²) in [5.74, 6) is 0.624. The van der Waals surface area contributed by atoms with Crippen LogP contribution in [0.15, 0.2) is 36.0 Å². The number of carbonyl (C=O) groups excluding carboxylic acids is 1. The molecule has 7 nitrogen and oxygen atoms in total. The molecule has 1 atom stereocenters. The van der Waals surface area contributed by atoms with Crippen molar-refractivity contribution in [3.63, 3.8) is 0 Å². The molecule has 1 saturated heterocycles. The van der Waals surface area contributed by atoms with E-state index in [-0.39, 0.29) is 11.9 Å². The second-order valence-corrected chi connectivity index (χ2v) is 7.80. The largest absolute Gasteiger partial charge is 0.477 e. The van der Waals surface area contributed by atoms with Crippen LogP contribution in [0, 0.1) is 6.92 Å². The van der Waals surface area contributed by atoms with Gasteiger partial charge in [-0.3, -0.25) is 4.79 Å². The van der Waals surface area contributed by atoms with Gasteiger partial charge in [-0.1, -0.05) is 29.0 Å². The lowest BCUT2D eigenvalue weighted by Crippen LogP contribution is -2.57. The van der Waals surface area contributed by atoms with Crippen molar-refractivity contribution in [3.8, 4) is 5.75 Å². The van der Waals surface area contributed by atoms with Crippen molar-refractivity contribution in [2.24, 2.45) is 0 Å². The van der Waals surface area contributed by atoms with Gasteiger partial charge < -0.3 is 15.4 Å². The summed E-state index contributed by atoms with van der Waals surface area (Å²) >= 11 is 1.47. The van der Waals surface area contributed by atoms with Crippen LogP contribution in [0.25, 0.3) is 4.96 Å². The van der Waals surface area contributed by atoms with Gasteiger partial charge in [-0.15, -0.1) is 0 Å².